The van der Waals surface area contributed by atoms with Crippen molar-refractivity contribution in [2.45, 2.75) is 33.1 Å². The molecule has 0 saturated carbocycles. The smallest absolute Gasteiger partial charge is 0.247 e. The molecule has 0 fully saturated rings. The van der Waals surface area contributed by atoms with Crippen molar-refractivity contribution in [2.75, 3.05) is 0 Å². The predicted molar refractivity (Wildman–Crippen MR) is 100 cm³/mol. The lowest BCUT2D eigenvalue weighted by Crippen LogP contribution is -2.21. The normalized spacial score (nSPS) is 10.8. The molecule has 0 aliphatic rings. The summed E-state index contributed by atoms with van der Waals surface area (Å²) >= 11 is 0. The highest BCUT2D eigenvalue weighted by molar-refractivity contribution is 5.77. The summed E-state index contributed by atoms with van der Waals surface area (Å²) < 4.78 is 15.7. The zero-order valence-corrected chi connectivity index (χ0v) is 15.4. The number of aromatic nitrogens is 2. The van der Waals surface area contributed by atoms with Crippen LogP contribution in [0.5, 0.6) is 0 Å². The highest BCUT2D eigenvalue weighted by atomic mass is 19.1. The van der Waals surface area contributed by atoms with Gasteiger partial charge in [0.1, 0.15) is 5.82 Å². The topological polar surface area (TPSA) is 67.2 Å². The second kappa shape index (κ2) is 8.14. The van der Waals surface area contributed by atoms with Gasteiger partial charge in [-0.15, -0.1) is 0 Å². The van der Waals surface area contributed by atoms with Gasteiger partial charge in [0.2, 0.25) is 5.91 Å². The molecular weight excluding hydrogens is 345 g/mol. The quantitative estimate of drug-likeness (QED) is 0.518. The number of para-hydroxylation sites is 1. The fourth-order valence-corrected chi connectivity index (χ4v) is 3.22. The maximum atomic E-state index is 13.8. The molecule has 1 amide bonds. The molecule has 2 aromatic carbocycles. The molecule has 0 atom stereocenters. The van der Waals surface area contributed by atoms with E-state index in [0.29, 0.717) is 18.4 Å². The molecule has 0 saturated heterocycles. The average Bonchev–Trinajstić information content (AvgIpc) is 3.05. The van der Waals surface area contributed by atoms with Crippen LogP contribution >= 0.6 is 0 Å². The fourth-order valence-electron chi connectivity index (χ4n) is 3.22. The summed E-state index contributed by atoms with van der Waals surface area (Å²) in [5.41, 5.74) is 6.81. The minimum atomic E-state index is -0.498. The number of halogens is 1. The molecule has 0 aliphatic carbocycles. The van der Waals surface area contributed by atoms with Gasteiger partial charge in [-0.05, 0) is 55.5 Å². The molecule has 0 spiro atoms. The van der Waals surface area contributed by atoms with Crippen LogP contribution < -0.4 is 5.48 Å². The van der Waals surface area contributed by atoms with E-state index in [1.54, 1.807) is 24.7 Å². The van der Waals surface area contributed by atoms with Crippen molar-refractivity contribution in [1.29, 1.82) is 0 Å². The van der Waals surface area contributed by atoms with E-state index in [1.807, 2.05) is 41.9 Å². The number of carbonyl (C=O) groups excluding carboxylic acids is 1. The zero-order valence-electron chi connectivity index (χ0n) is 15.4. The molecule has 140 valence electrons. The van der Waals surface area contributed by atoms with Crippen LogP contribution in [0.4, 0.5) is 4.39 Å². The van der Waals surface area contributed by atoms with Crippen molar-refractivity contribution in [3.05, 3.63) is 82.4 Å². The summed E-state index contributed by atoms with van der Waals surface area (Å²) in [6.45, 7) is 3.76. The van der Waals surface area contributed by atoms with Gasteiger partial charge >= 0.3 is 0 Å². The minimum Gasteiger partial charge on any atom is -0.289 e. The monoisotopic (exact) mass is 367 g/mol. The number of nitrogens with one attached hydrogen (secondary N) is 1. The van der Waals surface area contributed by atoms with Crippen LogP contribution in [0, 0.1) is 19.7 Å². The molecule has 1 heterocycles. The largest absolute Gasteiger partial charge is 0.289 e. The van der Waals surface area contributed by atoms with Gasteiger partial charge in [-0.1, -0.05) is 30.3 Å². The molecule has 6 heteroatoms. The Morgan fingerprint density at radius 1 is 1.11 bits per heavy atom. The van der Waals surface area contributed by atoms with Crippen LogP contribution in [0.2, 0.25) is 0 Å². The molecular formula is C21H22FN3O2. The summed E-state index contributed by atoms with van der Waals surface area (Å²) in [5.74, 6) is -0.720. The molecule has 2 N–H and O–H groups in total. The van der Waals surface area contributed by atoms with Gasteiger partial charge < -0.3 is 0 Å². The third-order valence-corrected chi connectivity index (χ3v) is 4.79. The van der Waals surface area contributed by atoms with Crippen molar-refractivity contribution in [3.63, 3.8) is 0 Å². The van der Waals surface area contributed by atoms with Crippen molar-refractivity contribution < 1.29 is 14.4 Å². The van der Waals surface area contributed by atoms with Crippen LogP contribution in [0.3, 0.4) is 0 Å². The Morgan fingerprint density at radius 3 is 2.63 bits per heavy atom. The Labute approximate surface area is 157 Å². The number of amides is 1. The second-order valence-corrected chi connectivity index (χ2v) is 6.55. The van der Waals surface area contributed by atoms with Crippen molar-refractivity contribution in [3.8, 4) is 5.69 Å². The third-order valence-electron chi connectivity index (χ3n) is 4.79. The van der Waals surface area contributed by atoms with Gasteiger partial charge in [0.15, 0.2) is 0 Å². The number of hydrogen-bond donors (Lipinski definition) is 2. The fraction of sp³-hybridized carbons (Fsp3) is 0.238. The Morgan fingerprint density at radius 2 is 1.89 bits per heavy atom. The molecule has 1 aromatic heterocycles. The molecule has 3 aromatic rings. The lowest BCUT2D eigenvalue weighted by Gasteiger charge is -2.13. The van der Waals surface area contributed by atoms with Crippen molar-refractivity contribution in [1.82, 2.24) is 15.3 Å². The Kier molecular flexibility index (Phi) is 5.66. The van der Waals surface area contributed by atoms with E-state index in [9.17, 15) is 9.18 Å². The van der Waals surface area contributed by atoms with E-state index in [2.05, 4.69) is 5.10 Å². The molecule has 0 bridgehead atoms. The Bertz CT molecular complexity index is 966. The average molecular weight is 367 g/mol. The van der Waals surface area contributed by atoms with Crippen LogP contribution in [0.25, 0.3) is 5.69 Å². The van der Waals surface area contributed by atoms with Crippen LogP contribution in [-0.2, 0) is 24.1 Å². The molecule has 0 unspecified atom stereocenters. The number of hydroxylamine groups is 1. The summed E-state index contributed by atoms with van der Waals surface area (Å²) in [6.07, 6.45) is 2.89. The van der Waals surface area contributed by atoms with Crippen LogP contribution in [-0.4, -0.2) is 20.9 Å². The minimum absolute atomic E-state index is 0.0276. The van der Waals surface area contributed by atoms with E-state index in [4.69, 9.17) is 5.21 Å². The molecule has 0 aliphatic heterocycles. The van der Waals surface area contributed by atoms with E-state index < -0.39 is 5.91 Å². The number of aryl methyl sites for hydroxylation is 2. The lowest BCUT2D eigenvalue weighted by atomic mass is 10.00. The first-order valence-electron chi connectivity index (χ1n) is 8.80. The lowest BCUT2D eigenvalue weighted by molar-refractivity contribution is -0.128. The number of rotatable bonds is 6. The van der Waals surface area contributed by atoms with Gasteiger partial charge in [0.05, 0.1) is 18.3 Å². The summed E-state index contributed by atoms with van der Waals surface area (Å²) in [6, 6.07) is 12.9. The van der Waals surface area contributed by atoms with E-state index >= 15 is 0 Å². The number of benzene rings is 2. The van der Waals surface area contributed by atoms with Gasteiger partial charge in [0, 0.05) is 11.3 Å². The summed E-state index contributed by atoms with van der Waals surface area (Å²) in [7, 11) is 0. The van der Waals surface area contributed by atoms with E-state index in [1.165, 1.54) is 6.07 Å². The highest BCUT2D eigenvalue weighted by Crippen LogP contribution is 2.22. The number of carbonyl (C=O) groups is 1. The van der Waals surface area contributed by atoms with Gasteiger partial charge in [-0.3, -0.25) is 10.0 Å². The van der Waals surface area contributed by atoms with E-state index in [-0.39, 0.29) is 12.2 Å². The SMILES string of the molecule is Cc1ccccc1-n1ncc(CC(=O)NO)c1CCc1cccc(F)c1C. The van der Waals surface area contributed by atoms with Crippen molar-refractivity contribution in [2.24, 2.45) is 0 Å². The first-order chi connectivity index (χ1) is 13.0. The number of nitrogens with zero attached hydrogens (tertiary/aromatic N) is 2. The first kappa shape index (κ1) is 18.8. The van der Waals surface area contributed by atoms with Crippen LogP contribution in [0.1, 0.15) is 27.9 Å². The summed E-state index contributed by atoms with van der Waals surface area (Å²) in [5, 5.41) is 13.3. The molecule has 3 rings (SSSR count). The second-order valence-electron chi connectivity index (χ2n) is 6.55. The standard InChI is InChI=1S/C21H22FN3O2/c1-14-6-3-4-9-19(14)25-20(17(13-23-25)12-21(26)24-27)11-10-16-7-5-8-18(22)15(16)2/h3-9,13,27H,10-12H2,1-2H3,(H,24,26). The maximum Gasteiger partial charge on any atom is 0.247 e. The third kappa shape index (κ3) is 4.06. The maximum absolute atomic E-state index is 13.8. The molecule has 0 radical (unpaired) electrons. The van der Waals surface area contributed by atoms with Gasteiger partial charge in [-0.2, -0.15) is 5.10 Å². The summed E-state index contributed by atoms with van der Waals surface area (Å²) in [4.78, 5) is 11.7. The van der Waals surface area contributed by atoms with E-state index in [0.717, 1.165) is 28.1 Å². The molecule has 27 heavy (non-hydrogen) atoms. The van der Waals surface area contributed by atoms with Gasteiger partial charge in [0.25, 0.3) is 0 Å². The zero-order chi connectivity index (χ0) is 19.4. The Balaban J connectivity index is 1.97. The molecule has 5 nitrogen and oxygen atoms in total. The first-order valence-corrected chi connectivity index (χ1v) is 8.80. The predicted octanol–water partition coefficient (Wildman–Crippen LogP) is 3.46. The number of hydrogen-bond acceptors (Lipinski definition) is 3. The van der Waals surface area contributed by atoms with Crippen molar-refractivity contribution >= 4 is 5.91 Å². The van der Waals surface area contributed by atoms with Gasteiger partial charge in [-0.25, -0.2) is 14.6 Å². The highest BCUT2D eigenvalue weighted by Gasteiger charge is 2.17. The van der Waals surface area contributed by atoms with Crippen LogP contribution in [0.15, 0.2) is 48.7 Å². The Hall–Kier alpha value is -2.99.